The quantitative estimate of drug-likeness (QED) is 0.797. The van der Waals surface area contributed by atoms with Crippen LogP contribution in [0.5, 0.6) is 5.75 Å². The van der Waals surface area contributed by atoms with E-state index in [2.05, 4.69) is 20.7 Å². The van der Waals surface area contributed by atoms with Crippen LogP contribution in [0.15, 0.2) is 16.6 Å². The molecule has 84 valence electrons. The van der Waals surface area contributed by atoms with E-state index in [1.54, 1.807) is 12.1 Å². The number of hydrogen-bond donors (Lipinski definition) is 0. The molecule has 1 aromatic rings. The summed E-state index contributed by atoms with van der Waals surface area (Å²) in [6.07, 6.45) is 0.0237. The first kappa shape index (κ1) is 12.5. The second-order valence-electron chi connectivity index (χ2n) is 3.00. The summed E-state index contributed by atoms with van der Waals surface area (Å²) in [7, 11) is 2.80. The highest BCUT2D eigenvalue weighted by Gasteiger charge is 2.14. The summed E-state index contributed by atoms with van der Waals surface area (Å²) < 4.78 is 10.4. The molecule has 0 unspecified atom stereocenters. The first-order valence-corrected chi connectivity index (χ1v) is 5.25. The van der Waals surface area contributed by atoms with Gasteiger partial charge in [-0.05, 0) is 12.1 Å². The molecule has 0 atom stereocenters. The van der Waals surface area contributed by atoms with Crippen LogP contribution in [0.1, 0.15) is 11.1 Å². The Balaban J connectivity index is 3.23. The van der Waals surface area contributed by atoms with E-state index in [4.69, 9.17) is 10.00 Å². The van der Waals surface area contributed by atoms with Gasteiger partial charge in [0.15, 0.2) is 0 Å². The monoisotopic (exact) mass is 283 g/mol. The predicted molar refractivity (Wildman–Crippen MR) is 61.1 cm³/mol. The molecule has 1 rings (SSSR count). The summed E-state index contributed by atoms with van der Waals surface area (Å²) in [5.74, 6) is 0.0912. The Morgan fingerprint density at radius 2 is 2.19 bits per heavy atom. The molecular formula is C11H10BrNO3. The summed E-state index contributed by atoms with van der Waals surface area (Å²) >= 11 is 3.26. The van der Waals surface area contributed by atoms with Crippen molar-refractivity contribution in [1.82, 2.24) is 0 Å². The van der Waals surface area contributed by atoms with Crippen LogP contribution in [0, 0.1) is 11.3 Å². The van der Waals surface area contributed by atoms with Gasteiger partial charge in [-0.15, -0.1) is 0 Å². The van der Waals surface area contributed by atoms with Gasteiger partial charge in [-0.25, -0.2) is 0 Å². The Labute approximate surface area is 102 Å². The molecule has 1 aromatic carbocycles. The normalized spacial score (nSPS) is 9.38. The average Bonchev–Trinajstić information content (AvgIpc) is 2.30. The predicted octanol–water partition coefficient (Wildman–Crippen LogP) is 2.04. The topological polar surface area (TPSA) is 59.3 Å². The van der Waals surface area contributed by atoms with Crippen molar-refractivity contribution in [2.24, 2.45) is 0 Å². The average molecular weight is 284 g/mol. The van der Waals surface area contributed by atoms with Crippen LogP contribution in [0.3, 0.4) is 0 Å². The molecule has 0 saturated carbocycles. The molecule has 0 aliphatic carbocycles. The van der Waals surface area contributed by atoms with Crippen LogP contribution in [0.25, 0.3) is 0 Å². The van der Waals surface area contributed by atoms with Crippen LogP contribution in [0.4, 0.5) is 0 Å². The molecule has 0 aliphatic rings. The molecule has 0 fully saturated rings. The van der Waals surface area contributed by atoms with E-state index in [1.165, 1.54) is 14.2 Å². The molecule has 0 N–H and O–H groups in total. The van der Waals surface area contributed by atoms with E-state index in [-0.39, 0.29) is 6.42 Å². The zero-order valence-corrected chi connectivity index (χ0v) is 10.5. The first-order valence-electron chi connectivity index (χ1n) is 4.45. The van der Waals surface area contributed by atoms with Crippen molar-refractivity contribution in [3.05, 3.63) is 27.7 Å². The highest BCUT2D eigenvalue weighted by Crippen LogP contribution is 2.27. The fraction of sp³-hybridized carbons (Fsp3) is 0.273. The number of halogens is 1. The summed E-state index contributed by atoms with van der Waals surface area (Å²) in [4.78, 5) is 11.2. The van der Waals surface area contributed by atoms with Gasteiger partial charge in [0, 0.05) is 10.0 Å². The standard InChI is InChI=1S/C11H10BrNO3/c1-15-10-4-8(12)3-7(6-13)9(10)5-11(14)16-2/h3-4H,5H2,1-2H3. The van der Waals surface area contributed by atoms with Gasteiger partial charge in [0.2, 0.25) is 0 Å². The lowest BCUT2D eigenvalue weighted by molar-refractivity contribution is -0.139. The van der Waals surface area contributed by atoms with Crippen LogP contribution in [0.2, 0.25) is 0 Å². The number of esters is 1. The Hall–Kier alpha value is -1.54. The summed E-state index contributed by atoms with van der Waals surface area (Å²) in [5.41, 5.74) is 0.941. The zero-order valence-electron chi connectivity index (χ0n) is 8.91. The van der Waals surface area contributed by atoms with Crippen LogP contribution < -0.4 is 4.74 Å². The van der Waals surface area contributed by atoms with E-state index >= 15 is 0 Å². The highest BCUT2D eigenvalue weighted by atomic mass is 79.9. The lowest BCUT2D eigenvalue weighted by Gasteiger charge is -2.09. The molecule has 0 amide bonds. The largest absolute Gasteiger partial charge is 0.496 e. The minimum atomic E-state index is -0.405. The number of carbonyl (C=O) groups excluding carboxylic acids is 1. The third kappa shape index (κ3) is 2.74. The maximum Gasteiger partial charge on any atom is 0.310 e. The Bertz CT molecular complexity index is 451. The molecule has 0 radical (unpaired) electrons. The maximum absolute atomic E-state index is 11.2. The number of nitrogens with zero attached hydrogens (tertiary/aromatic N) is 1. The molecule has 0 bridgehead atoms. The van der Waals surface area contributed by atoms with E-state index in [0.29, 0.717) is 16.9 Å². The van der Waals surface area contributed by atoms with Crippen molar-refractivity contribution in [3.8, 4) is 11.8 Å². The van der Waals surface area contributed by atoms with Gasteiger partial charge in [-0.3, -0.25) is 4.79 Å². The summed E-state index contributed by atoms with van der Waals surface area (Å²) in [6, 6.07) is 5.37. The van der Waals surface area contributed by atoms with Gasteiger partial charge in [0.05, 0.1) is 32.3 Å². The number of benzene rings is 1. The third-order valence-corrected chi connectivity index (χ3v) is 2.52. The summed E-state index contributed by atoms with van der Waals surface area (Å²) in [5, 5.41) is 8.97. The molecule has 0 heterocycles. The van der Waals surface area contributed by atoms with E-state index in [0.717, 1.165) is 4.47 Å². The van der Waals surface area contributed by atoms with Gasteiger partial charge >= 0.3 is 5.97 Å². The van der Waals surface area contributed by atoms with Crippen molar-refractivity contribution < 1.29 is 14.3 Å². The van der Waals surface area contributed by atoms with Gasteiger partial charge in [-0.1, -0.05) is 15.9 Å². The molecule has 0 aromatic heterocycles. The van der Waals surface area contributed by atoms with Gasteiger partial charge in [-0.2, -0.15) is 5.26 Å². The minimum Gasteiger partial charge on any atom is -0.496 e. The Morgan fingerprint density at radius 3 is 2.69 bits per heavy atom. The van der Waals surface area contributed by atoms with Gasteiger partial charge in [0.1, 0.15) is 5.75 Å². The number of methoxy groups -OCH3 is 2. The van der Waals surface area contributed by atoms with Crippen molar-refractivity contribution in [3.63, 3.8) is 0 Å². The van der Waals surface area contributed by atoms with E-state index in [1.807, 2.05) is 6.07 Å². The fourth-order valence-electron chi connectivity index (χ4n) is 1.29. The highest BCUT2D eigenvalue weighted by molar-refractivity contribution is 9.10. The first-order chi connectivity index (χ1) is 7.62. The van der Waals surface area contributed by atoms with Crippen molar-refractivity contribution >= 4 is 21.9 Å². The fourth-order valence-corrected chi connectivity index (χ4v) is 1.73. The number of nitriles is 1. The Kier molecular flexibility index (Phi) is 4.32. The second kappa shape index (κ2) is 5.52. The molecule has 0 saturated heterocycles. The molecule has 16 heavy (non-hydrogen) atoms. The van der Waals surface area contributed by atoms with Crippen LogP contribution >= 0.6 is 15.9 Å². The second-order valence-corrected chi connectivity index (χ2v) is 3.91. The smallest absolute Gasteiger partial charge is 0.310 e. The van der Waals surface area contributed by atoms with Gasteiger partial charge < -0.3 is 9.47 Å². The van der Waals surface area contributed by atoms with Crippen molar-refractivity contribution in [1.29, 1.82) is 5.26 Å². The molecule has 5 heteroatoms. The molecule has 4 nitrogen and oxygen atoms in total. The zero-order chi connectivity index (χ0) is 12.1. The van der Waals surface area contributed by atoms with E-state index in [9.17, 15) is 4.79 Å². The SMILES string of the molecule is COC(=O)Cc1c(C#N)cc(Br)cc1OC. The molecular weight excluding hydrogens is 274 g/mol. The van der Waals surface area contributed by atoms with Gasteiger partial charge in [0.25, 0.3) is 0 Å². The van der Waals surface area contributed by atoms with Crippen LogP contribution in [-0.4, -0.2) is 20.2 Å². The minimum absolute atomic E-state index is 0.0237. The summed E-state index contributed by atoms with van der Waals surface area (Å²) in [6.45, 7) is 0. The Morgan fingerprint density at radius 1 is 1.50 bits per heavy atom. The number of hydrogen-bond acceptors (Lipinski definition) is 4. The van der Waals surface area contributed by atoms with Crippen LogP contribution in [-0.2, 0) is 16.0 Å². The molecule has 0 aliphatic heterocycles. The maximum atomic E-state index is 11.2. The lowest BCUT2D eigenvalue weighted by Crippen LogP contribution is -2.07. The van der Waals surface area contributed by atoms with E-state index < -0.39 is 5.97 Å². The molecule has 0 spiro atoms. The lowest BCUT2D eigenvalue weighted by atomic mass is 10.0. The third-order valence-electron chi connectivity index (χ3n) is 2.06. The van der Waals surface area contributed by atoms with Crippen molar-refractivity contribution in [2.45, 2.75) is 6.42 Å². The number of ether oxygens (including phenoxy) is 2. The number of carbonyl (C=O) groups is 1. The van der Waals surface area contributed by atoms with Crippen molar-refractivity contribution in [2.75, 3.05) is 14.2 Å². The number of rotatable bonds is 3.